The van der Waals surface area contributed by atoms with Crippen LogP contribution in [0.15, 0.2) is 72.3 Å². The summed E-state index contributed by atoms with van der Waals surface area (Å²) in [4.78, 5) is 27.9. The highest BCUT2D eigenvalue weighted by atomic mass is 35.5. The van der Waals surface area contributed by atoms with Crippen LogP contribution in [0, 0.1) is 0 Å². The van der Waals surface area contributed by atoms with Crippen molar-refractivity contribution in [2.45, 2.75) is 13.0 Å². The van der Waals surface area contributed by atoms with Crippen molar-refractivity contribution in [3.8, 4) is 11.5 Å². The fourth-order valence-electron chi connectivity index (χ4n) is 4.00. The minimum absolute atomic E-state index is 0.102. The maximum Gasteiger partial charge on any atom is 0.300 e. The lowest BCUT2D eigenvalue weighted by atomic mass is 9.94. The van der Waals surface area contributed by atoms with Gasteiger partial charge in [0, 0.05) is 10.7 Å². The van der Waals surface area contributed by atoms with Gasteiger partial charge in [-0.3, -0.25) is 14.5 Å². The number of aliphatic hydroxyl groups is 1. The van der Waals surface area contributed by atoms with Crippen LogP contribution in [0.4, 0.5) is 5.69 Å². The molecule has 0 bridgehead atoms. The molecule has 1 aliphatic heterocycles. The maximum absolute atomic E-state index is 13.3. The van der Waals surface area contributed by atoms with Crippen LogP contribution in [0.3, 0.4) is 0 Å². The largest absolute Gasteiger partial charge is 0.507 e. The van der Waals surface area contributed by atoms with Crippen molar-refractivity contribution in [3.63, 3.8) is 0 Å². The summed E-state index contributed by atoms with van der Waals surface area (Å²) in [5.74, 6) is -1.25. The van der Waals surface area contributed by atoms with E-state index in [1.54, 1.807) is 48.5 Å². The number of halogens is 2. The molecule has 0 spiro atoms. The van der Waals surface area contributed by atoms with Crippen molar-refractivity contribution < 1.29 is 24.2 Å². The zero-order valence-electron chi connectivity index (χ0n) is 18.4. The lowest BCUT2D eigenvalue weighted by Gasteiger charge is -2.25. The van der Waals surface area contributed by atoms with Crippen molar-refractivity contribution in [2.24, 2.45) is 0 Å². The molecule has 34 heavy (non-hydrogen) atoms. The summed E-state index contributed by atoms with van der Waals surface area (Å²) in [6.07, 6.45) is 0. The molecule has 1 amide bonds. The highest BCUT2D eigenvalue weighted by Crippen LogP contribution is 2.45. The quantitative estimate of drug-likeness (QED) is 0.255. The molecule has 0 radical (unpaired) electrons. The van der Waals surface area contributed by atoms with Gasteiger partial charge in [0.15, 0.2) is 0 Å². The molecule has 0 saturated carbocycles. The Morgan fingerprint density at radius 1 is 1.03 bits per heavy atom. The van der Waals surface area contributed by atoms with Crippen LogP contribution in [0.2, 0.25) is 10.0 Å². The first kappa shape index (κ1) is 23.7. The fourth-order valence-corrected chi connectivity index (χ4v) is 4.58. The Kier molecular flexibility index (Phi) is 6.82. The van der Waals surface area contributed by atoms with Gasteiger partial charge in [-0.05, 0) is 48.9 Å². The minimum atomic E-state index is -0.902. The third-order valence-corrected chi connectivity index (χ3v) is 5.95. The first-order valence-electron chi connectivity index (χ1n) is 10.5. The summed E-state index contributed by atoms with van der Waals surface area (Å²) in [5.41, 5.74) is 1.13. The van der Waals surface area contributed by atoms with Gasteiger partial charge in [0.2, 0.25) is 0 Å². The lowest BCUT2D eigenvalue weighted by Crippen LogP contribution is -2.29. The van der Waals surface area contributed by atoms with Crippen molar-refractivity contribution >= 4 is 46.3 Å². The van der Waals surface area contributed by atoms with Gasteiger partial charge >= 0.3 is 0 Å². The Morgan fingerprint density at radius 2 is 1.71 bits per heavy atom. The number of hydrogen-bond acceptors (Lipinski definition) is 5. The van der Waals surface area contributed by atoms with Gasteiger partial charge in [-0.15, -0.1) is 0 Å². The summed E-state index contributed by atoms with van der Waals surface area (Å²) in [6.45, 7) is 2.37. The van der Waals surface area contributed by atoms with E-state index in [-0.39, 0.29) is 26.9 Å². The first-order valence-corrected chi connectivity index (χ1v) is 11.2. The average Bonchev–Trinajstić information content (AvgIpc) is 3.10. The van der Waals surface area contributed by atoms with Gasteiger partial charge in [-0.25, -0.2) is 0 Å². The van der Waals surface area contributed by atoms with E-state index in [9.17, 15) is 14.7 Å². The molecule has 1 aliphatic rings. The number of anilines is 1. The summed E-state index contributed by atoms with van der Waals surface area (Å²) in [6, 6.07) is 17.8. The molecule has 8 heteroatoms. The number of amides is 1. The highest BCUT2D eigenvalue weighted by molar-refractivity contribution is 6.51. The average molecular weight is 498 g/mol. The number of Topliss-reactive ketones (excluding diaryl/α,β-unsaturated/α-hetero) is 1. The molecule has 0 aliphatic carbocycles. The van der Waals surface area contributed by atoms with Crippen molar-refractivity contribution in [2.75, 3.05) is 18.6 Å². The molecule has 174 valence electrons. The molecular weight excluding hydrogens is 477 g/mol. The molecule has 1 saturated heterocycles. The predicted octanol–water partition coefficient (Wildman–Crippen LogP) is 6.03. The number of carbonyl (C=O) groups excluding carboxylic acids is 2. The molecule has 3 aromatic rings. The van der Waals surface area contributed by atoms with Gasteiger partial charge in [0.05, 0.1) is 35.9 Å². The van der Waals surface area contributed by atoms with E-state index in [4.69, 9.17) is 32.7 Å². The number of rotatable bonds is 6. The molecule has 4 rings (SSSR count). The van der Waals surface area contributed by atoms with Gasteiger partial charge in [-0.2, -0.15) is 0 Å². The van der Waals surface area contributed by atoms with Gasteiger partial charge in [-0.1, -0.05) is 53.5 Å². The fraction of sp³-hybridized carbons (Fsp3) is 0.154. The molecule has 6 nitrogen and oxygen atoms in total. The van der Waals surface area contributed by atoms with Crippen molar-refractivity contribution in [1.29, 1.82) is 0 Å². The van der Waals surface area contributed by atoms with E-state index < -0.39 is 23.5 Å². The van der Waals surface area contributed by atoms with Gasteiger partial charge < -0.3 is 14.6 Å². The first-order chi connectivity index (χ1) is 16.4. The third-order valence-electron chi connectivity index (χ3n) is 5.45. The van der Waals surface area contributed by atoms with Crippen LogP contribution in [-0.4, -0.2) is 30.5 Å². The summed E-state index contributed by atoms with van der Waals surface area (Å²) in [7, 11) is 1.39. The van der Waals surface area contributed by atoms with Gasteiger partial charge in [0.1, 0.15) is 17.3 Å². The molecule has 0 aromatic heterocycles. The number of benzene rings is 3. The highest BCUT2D eigenvalue weighted by Gasteiger charge is 2.47. The van der Waals surface area contributed by atoms with E-state index in [0.29, 0.717) is 23.6 Å². The van der Waals surface area contributed by atoms with Crippen LogP contribution < -0.4 is 14.4 Å². The number of hydrogen-bond donors (Lipinski definition) is 1. The Bertz CT molecular complexity index is 1270. The standard InChI is InChI=1S/C26H21Cl2NO5/c1-3-34-18-11-9-15(10-12-18)22-21(23(30)19-13-16(27)14-20(28)25(19)33-2)24(31)26(32)29(22)17-7-5-4-6-8-17/h4-14,22,30H,3H2,1-2H3/b23-21+. The molecular formula is C26H21Cl2NO5. The van der Waals surface area contributed by atoms with Crippen molar-refractivity contribution in [1.82, 2.24) is 0 Å². The van der Waals surface area contributed by atoms with Crippen LogP contribution in [0.1, 0.15) is 24.1 Å². The van der Waals surface area contributed by atoms with Crippen LogP contribution in [-0.2, 0) is 9.59 Å². The monoisotopic (exact) mass is 497 g/mol. The zero-order chi connectivity index (χ0) is 24.4. The topological polar surface area (TPSA) is 76.1 Å². The molecule has 1 heterocycles. The molecule has 3 aromatic carbocycles. The molecule has 1 atom stereocenters. The number of nitrogens with zero attached hydrogens (tertiary/aromatic N) is 1. The Labute approximate surface area is 206 Å². The number of aliphatic hydroxyl groups excluding tert-OH is 1. The second-order valence-corrected chi connectivity index (χ2v) is 8.32. The van der Waals surface area contributed by atoms with E-state index in [2.05, 4.69) is 0 Å². The Morgan fingerprint density at radius 3 is 2.32 bits per heavy atom. The molecule has 1 fully saturated rings. The van der Waals surface area contributed by atoms with E-state index in [1.807, 2.05) is 13.0 Å². The third kappa shape index (κ3) is 4.22. The summed E-state index contributed by atoms with van der Waals surface area (Å²) >= 11 is 12.4. The van der Waals surface area contributed by atoms with Crippen LogP contribution in [0.5, 0.6) is 11.5 Å². The SMILES string of the molecule is CCOc1ccc(C2/C(=C(\O)c3cc(Cl)cc(Cl)c3OC)C(=O)C(=O)N2c2ccccc2)cc1. The van der Waals surface area contributed by atoms with E-state index >= 15 is 0 Å². The van der Waals surface area contributed by atoms with Crippen LogP contribution >= 0.6 is 23.2 Å². The minimum Gasteiger partial charge on any atom is -0.507 e. The lowest BCUT2D eigenvalue weighted by molar-refractivity contribution is -0.132. The smallest absolute Gasteiger partial charge is 0.300 e. The number of carbonyl (C=O) groups is 2. The van der Waals surface area contributed by atoms with Gasteiger partial charge in [0.25, 0.3) is 11.7 Å². The van der Waals surface area contributed by atoms with E-state index in [1.165, 1.54) is 24.1 Å². The second-order valence-electron chi connectivity index (χ2n) is 7.48. The predicted molar refractivity (Wildman–Crippen MR) is 132 cm³/mol. The number of para-hydroxylation sites is 1. The molecule has 1 N–H and O–H groups in total. The Balaban J connectivity index is 1.96. The number of methoxy groups -OCH3 is 1. The summed E-state index contributed by atoms with van der Waals surface area (Å²) < 4.78 is 10.9. The number of ketones is 1. The Hall–Kier alpha value is -3.48. The number of ether oxygens (including phenoxy) is 2. The van der Waals surface area contributed by atoms with Crippen molar-refractivity contribution in [3.05, 3.63) is 93.5 Å². The second kappa shape index (κ2) is 9.79. The van der Waals surface area contributed by atoms with E-state index in [0.717, 1.165) is 0 Å². The van der Waals surface area contributed by atoms with Crippen LogP contribution in [0.25, 0.3) is 5.76 Å². The maximum atomic E-state index is 13.3. The molecule has 1 unspecified atom stereocenters. The normalized spacial score (nSPS) is 17.2. The summed E-state index contributed by atoms with van der Waals surface area (Å²) in [5, 5.41) is 11.8. The zero-order valence-corrected chi connectivity index (χ0v) is 19.9.